The summed E-state index contributed by atoms with van der Waals surface area (Å²) >= 11 is 11.9. The van der Waals surface area contributed by atoms with Crippen molar-refractivity contribution in [3.63, 3.8) is 0 Å². The zero-order valence-corrected chi connectivity index (χ0v) is 11.4. The van der Waals surface area contributed by atoms with Gasteiger partial charge in [-0.1, -0.05) is 29.3 Å². The molecule has 0 atom stereocenters. The van der Waals surface area contributed by atoms with E-state index in [4.69, 9.17) is 23.2 Å². The lowest BCUT2D eigenvalue weighted by molar-refractivity contribution is -0.689. The molecule has 3 heteroatoms. The maximum Gasteiger partial charge on any atom is 0.173 e. The van der Waals surface area contributed by atoms with Crippen LogP contribution in [0.2, 0.25) is 10.0 Å². The first-order chi connectivity index (χ1) is 8.04. The van der Waals surface area contributed by atoms with E-state index in [-0.39, 0.29) is 0 Å². The lowest BCUT2D eigenvalue weighted by atomic mass is 10.2. The van der Waals surface area contributed by atoms with Crippen molar-refractivity contribution in [3.8, 4) is 0 Å². The molecule has 0 spiro atoms. The van der Waals surface area contributed by atoms with E-state index in [9.17, 15) is 0 Å². The molecular formula is C14H14Cl2N+. The van der Waals surface area contributed by atoms with Crippen LogP contribution in [0.15, 0.2) is 36.7 Å². The summed E-state index contributed by atoms with van der Waals surface area (Å²) in [5.41, 5.74) is 3.66. The monoisotopic (exact) mass is 266 g/mol. The van der Waals surface area contributed by atoms with Crippen molar-refractivity contribution in [2.45, 2.75) is 20.4 Å². The van der Waals surface area contributed by atoms with Gasteiger partial charge < -0.3 is 0 Å². The van der Waals surface area contributed by atoms with Crippen molar-refractivity contribution in [1.29, 1.82) is 0 Å². The lowest BCUT2D eigenvalue weighted by Crippen LogP contribution is -2.34. The van der Waals surface area contributed by atoms with E-state index in [2.05, 4.69) is 36.9 Å². The van der Waals surface area contributed by atoms with Crippen LogP contribution in [0.1, 0.15) is 16.7 Å². The SMILES string of the molecule is Cc1cc(C)c[n+](Cc2ccc(Cl)c(Cl)c2)c1. The van der Waals surface area contributed by atoms with Crippen LogP contribution >= 0.6 is 23.2 Å². The minimum absolute atomic E-state index is 0.598. The fourth-order valence-electron chi connectivity index (χ4n) is 1.93. The molecule has 0 bridgehead atoms. The van der Waals surface area contributed by atoms with Gasteiger partial charge in [-0.15, -0.1) is 0 Å². The third kappa shape index (κ3) is 3.21. The third-order valence-corrected chi connectivity index (χ3v) is 3.28. The number of aromatic nitrogens is 1. The summed E-state index contributed by atoms with van der Waals surface area (Å²) in [4.78, 5) is 0. The molecule has 0 unspecified atom stereocenters. The Labute approximate surface area is 112 Å². The third-order valence-electron chi connectivity index (χ3n) is 2.54. The van der Waals surface area contributed by atoms with Crippen molar-refractivity contribution < 1.29 is 4.57 Å². The average molecular weight is 267 g/mol. The van der Waals surface area contributed by atoms with Gasteiger partial charge in [-0.3, -0.25) is 0 Å². The highest BCUT2D eigenvalue weighted by Crippen LogP contribution is 2.22. The normalized spacial score (nSPS) is 10.6. The predicted molar refractivity (Wildman–Crippen MR) is 71.7 cm³/mol. The Hall–Kier alpha value is -1.05. The molecular weight excluding hydrogens is 253 g/mol. The van der Waals surface area contributed by atoms with Gasteiger partial charge in [-0.25, -0.2) is 4.57 Å². The fourth-order valence-corrected chi connectivity index (χ4v) is 2.25. The molecule has 0 amide bonds. The van der Waals surface area contributed by atoms with E-state index in [0.29, 0.717) is 10.0 Å². The Morgan fingerprint density at radius 1 is 0.941 bits per heavy atom. The number of halogens is 2. The second kappa shape index (κ2) is 5.07. The summed E-state index contributed by atoms with van der Waals surface area (Å²) in [7, 11) is 0. The Morgan fingerprint density at radius 3 is 2.18 bits per heavy atom. The maximum atomic E-state index is 6.00. The Balaban J connectivity index is 2.28. The molecule has 0 saturated carbocycles. The molecule has 0 aliphatic carbocycles. The average Bonchev–Trinajstić information content (AvgIpc) is 2.22. The summed E-state index contributed by atoms with van der Waals surface area (Å²) < 4.78 is 2.16. The molecule has 1 aromatic carbocycles. The van der Waals surface area contributed by atoms with E-state index < -0.39 is 0 Å². The summed E-state index contributed by atoms with van der Waals surface area (Å²) in [5, 5.41) is 1.20. The van der Waals surface area contributed by atoms with Crippen molar-refractivity contribution in [3.05, 3.63) is 63.4 Å². The van der Waals surface area contributed by atoms with Crippen molar-refractivity contribution in [2.24, 2.45) is 0 Å². The summed E-state index contributed by atoms with van der Waals surface area (Å²) in [6, 6.07) is 7.90. The molecule has 1 heterocycles. The molecule has 1 nitrogen and oxygen atoms in total. The van der Waals surface area contributed by atoms with Crippen LogP contribution in [0.3, 0.4) is 0 Å². The van der Waals surface area contributed by atoms with Crippen molar-refractivity contribution in [1.82, 2.24) is 0 Å². The van der Waals surface area contributed by atoms with Gasteiger partial charge in [0.15, 0.2) is 18.9 Å². The summed E-state index contributed by atoms with van der Waals surface area (Å²) in [5.74, 6) is 0. The molecule has 1 aromatic heterocycles. The van der Waals surface area contributed by atoms with Gasteiger partial charge in [0, 0.05) is 16.7 Å². The van der Waals surface area contributed by atoms with Crippen LogP contribution in [0.5, 0.6) is 0 Å². The highest BCUT2D eigenvalue weighted by Gasteiger charge is 2.06. The minimum Gasteiger partial charge on any atom is -0.200 e. The zero-order valence-electron chi connectivity index (χ0n) is 9.87. The van der Waals surface area contributed by atoms with Gasteiger partial charge in [-0.2, -0.15) is 0 Å². The zero-order chi connectivity index (χ0) is 12.4. The highest BCUT2D eigenvalue weighted by atomic mass is 35.5. The van der Waals surface area contributed by atoms with Crippen molar-refractivity contribution in [2.75, 3.05) is 0 Å². The summed E-state index contributed by atoms with van der Waals surface area (Å²) in [6.07, 6.45) is 4.24. The van der Waals surface area contributed by atoms with Gasteiger partial charge in [0.05, 0.1) is 10.0 Å². The van der Waals surface area contributed by atoms with Gasteiger partial charge >= 0.3 is 0 Å². The molecule has 2 rings (SSSR count). The molecule has 2 aromatic rings. The van der Waals surface area contributed by atoms with E-state index in [0.717, 1.165) is 12.1 Å². The van der Waals surface area contributed by atoms with Gasteiger partial charge in [-0.05, 0) is 32.0 Å². The molecule has 0 N–H and O–H groups in total. The second-order valence-corrected chi connectivity index (χ2v) is 5.13. The number of rotatable bonds is 2. The van der Waals surface area contributed by atoms with Crippen LogP contribution < -0.4 is 4.57 Å². The van der Waals surface area contributed by atoms with Crippen LogP contribution in [-0.4, -0.2) is 0 Å². The second-order valence-electron chi connectivity index (χ2n) is 4.31. The van der Waals surface area contributed by atoms with E-state index in [1.165, 1.54) is 11.1 Å². The fraction of sp³-hybridized carbons (Fsp3) is 0.214. The number of pyridine rings is 1. The Morgan fingerprint density at radius 2 is 1.59 bits per heavy atom. The first kappa shape index (κ1) is 12.4. The lowest BCUT2D eigenvalue weighted by Gasteiger charge is -2.02. The van der Waals surface area contributed by atoms with Gasteiger partial charge in [0.1, 0.15) is 0 Å². The van der Waals surface area contributed by atoms with E-state index >= 15 is 0 Å². The van der Waals surface area contributed by atoms with Crippen LogP contribution in [0, 0.1) is 13.8 Å². The summed E-state index contributed by atoms with van der Waals surface area (Å²) in [6.45, 7) is 5.00. The first-order valence-corrected chi connectivity index (χ1v) is 6.21. The molecule has 0 aliphatic heterocycles. The van der Waals surface area contributed by atoms with Crippen LogP contribution in [0.4, 0.5) is 0 Å². The molecule has 0 saturated heterocycles. The standard InChI is InChI=1S/C14H14Cl2N/c1-10-5-11(2)8-17(7-10)9-12-3-4-13(15)14(16)6-12/h3-8H,9H2,1-2H3/q+1. The number of benzene rings is 1. The minimum atomic E-state index is 0.598. The molecule has 0 radical (unpaired) electrons. The first-order valence-electron chi connectivity index (χ1n) is 5.46. The number of hydrogen-bond donors (Lipinski definition) is 0. The van der Waals surface area contributed by atoms with Gasteiger partial charge in [0.2, 0.25) is 0 Å². The topological polar surface area (TPSA) is 3.88 Å². The molecule has 0 fully saturated rings. The van der Waals surface area contributed by atoms with E-state index in [1.54, 1.807) is 0 Å². The predicted octanol–water partition coefficient (Wildman–Crippen LogP) is 3.95. The number of nitrogens with zero attached hydrogens (tertiary/aromatic N) is 1. The molecule has 0 aliphatic rings. The molecule has 88 valence electrons. The van der Waals surface area contributed by atoms with Gasteiger partial charge in [0.25, 0.3) is 0 Å². The number of hydrogen-bond acceptors (Lipinski definition) is 0. The van der Waals surface area contributed by atoms with Crippen LogP contribution in [-0.2, 0) is 6.54 Å². The Kier molecular flexibility index (Phi) is 3.70. The Bertz CT molecular complexity index is 530. The number of aryl methyl sites for hydroxylation is 2. The smallest absolute Gasteiger partial charge is 0.173 e. The van der Waals surface area contributed by atoms with Crippen molar-refractivity contribution >= 4 is 23.2 Å². The van der Waals surface area contributed by atoms with E-state index in [1.807, 2.05) is 18.2 Å². The maximum absolute atomic E-state index is 6.00. The largest absolute Gasteiger partial charge is 0.200 e. The highest BCUT2D eigenvalue weighted by molar-refractivity contribution is 6.41. The van der Waals surface area contributed by atoms with Crippen LogP contribution in [0.25, 0.3) is 0 Å². The molecule has 17 heavy (non-hydrogen) atoms. The quantitative estimate of drug-likeness (QED) is 0.725.